The van der Waals surface area contributed by atoms with Crippen molar-refractivity contribution >= 4 is 16.9 Å². The molecule has 27 heavy (non-hydrogen) atoms. The van der Waals surface area contributed by atoms with Crippen molar-refractivity contribution < 1.29 is 13.9 Å². The molecule has 1 atom stereocenters. The summed E-state index contributed by atoms with van der Waals surface area (Å²) < 4.78 is 11.5. The number of para-hydroxylation sites is 1. The van der Waals surface area contributed by atoms with E-state index in [-0.39, 0.29) is 11.9 Å². The van der Waals surface area contributed by atoms with Gasteiger partial charge in [0.2, 0.25) is 5.91 Å². The molecule has 0 aliphatic rings. The first-order chi connectivity index (χ1) is 13.0. The second kappa shape index (κ2) is 8.73. The third-order valence-electron chi connectivity index (χ3n) is 4.43. The quantitative estimate of drug-likeness (QED) is 0.656. The molecule has 1 heterocycles. The van der Waals surface area contributed by atoms with Gasteiger partial charge in [-0.25, -0.2) is 0 Å². The summed E-state index contributed by atoms with van der Waals surface area (Å²) in [6, 6.07) is 17.6. The molecule has 5 heteroatoms. The van der Waals surface area contributed by atoms with Crippen LogP contribution in [0, 0.1) is 6.92 Å². The molecule has 3 rings (SSSR count). The van der Waals surface area contributed by atoms with E-state index >= 15 is 0 Å². The van der Waals surface area contributed by atoms with E-state index in [0.717, 1.165) is 22.5 Å². The molecule has 1 N–H and O–H groups in total. The molecular formula is C22H26N2O3. The number of carbonyl (C=O) groups excluding carboxylic acids is 1. The molecule has 0 saturated heterocycles. The molecular weight excluding hydrogens is 340 g/mol. The third kappa shape index (κ3) is 5.34. The molecule has 0 saturated carbocycles. The number of nitrogens with zero attached hydrogens (tertiary/aromatic N) is 1. The topological polar surface area (TPSA) is 54.7 Å². The zero-order valence-corrected chi connectivity index (χ0v) is 16.1. The van der Waals surface area contributed by atoms with E-state index in [4.69, 9.17) is 9.15 Å². The van der Waals surface area contributed by atoms with E-state index in [1.807, 2.05) is 80.4 Å². The van der Waals surface area contributed by atoms with Gasteiger partial charge in [0.05, 0.1) is 12.6 Å². The van der Waals surface area contributed by atoms with Gasteiger partial charge >= 0.3 is 0 Å². The first-order valence-electron chi connectivity index (χ1n) is 9.17. The van der Waals surface area contributed by atoms with Gasteiger partial charge in [0, 0.05) is 11.9 Å². The van der Waals surface area contributed by atoms with Crippen LogP contribution in [0.2, 0.25) is 0 Å². The summed E-state index contributed by atoms with van der Waals surface area (Å²) in [5, 5.41) is 4.03. The summed E-state index contributed by atoms with van der Waals surface area (Å²) in [5.41, 5.74) is 2.04. The van der Waals surface area contributed by atoms with Crippen LogP contribution in [0.15, 0.2) is 59.0 Å². The maximum Gasteiger partial charge on any atom is 0.234 e. The fraction of sp³-hybridized carbons (Fsp3) is 0.318. The van der Waals surface area contributed by atoms with Crippen LogP contribution in [-0.4, -0.2) is 37.6 Å². The Balaban J connectivity index is 1.43. The molecule has 1 aromatic heterocycles. The Hall–Kier alpha value is -2.79. The number of benzene rings is 2. The molecule has 5 nitrogen and oxygen atoms in total. The second-order valence-electron chi connectivity index (χ2n) is 6.88. The molecule has 2 aromatic carbocycles. The molecule has 1 unspecified atom stereocenters. The highest BCUT2D eigenvalue weighted by molar-refractivity contribution is 5.80. The molecule has 1 amide bonds. The number of rotatable bonds is 8. The highest BCUT2D eigenvalue weighted by Crippen LogP contribution is 2.23. The first-order valence-corrected chi connectivity index (χ1v) is 9.17. The summed E-state index contributed by atoms with van der Waals surface area (Å²) >= 11 is 0. The average molecular weight is 366 g/mol. The van der Waals surface area contributed by atoms with Crippen LogP contribution in [0.25, 0.3) is 11.0 Å². The number of carbonyl (C=O) groups is 1. The minimum Gasteiger partial charge on any atom is -0.492 e. The van der Waals surface area contributed by atoms with Crippen LogP contribution in [0.3, 0.4) is 0 Å². The van der Waals surface area contributed by atoms with Gasteiger partial charge in [-0.05, 0) is 45.2 Å². The lowest BCUT2D eigenvalue weighted by atomic mass is 10.2. The number of likely N-dealkylation sites (N-methyl/N-ethyl adjacent to an activating group) is 1. The van der Waals surface area contributed by atoms with Gasteiger partial charge in [-0.15, -0.1) is 0 Å². The lowest BCUT2D eigenvalue weighted by molar-refractivity contribution is -0.122. The molecule has 0 bridgehead atoms. The van der Waals surface area contributed by atoms with Gasteiger partial charge in [-0.2, -0.15) is 0 Å². The van der Waals surface area contributed by atoms with Crippen LogP contribution in [0.4, 0.5) is 0 Å². The van der Waals surface area contributed by atoms with E-state index in [1.165, 1.54) is 5.56 Å². The van der Waals surface area contributed by atoms with Gasteiger partial charge in [0.15, 0.2) is 0 Å². The van der Waals surface area contributed by atoms with Crippen molar-refractivity contribution in [1.29, 1.82) is 0 Å². The number of amides is 1. The van der Waals surface area contributed by atoms with Crippen molar-refractivity contribution in [3.8, 4) is 5.75 Å². The smallest absolute Gasteiger partial charge is 0.234 e. The Morgan fingerprint density at radius 2 is 1.93 bits per heavy atom. The average Bonchev–Trinajstić information content (AvgIpc) is 3.07. The monoisotopic (exact) mass is 366 g/mol. The Kier molecular flexibility index (Phi) is 6.14. The SMILES string of the molecule is Cc1ccc(OCCN(C)CC(=O)NC(C)c2cc3ccccc3o2)cc1. The van der Waals surface area contributed by atoms with Gasteiger partial charge in [-0.3, -0.25) is 9.69 Å². The Bertz CT molecular complexity index is 853. The summed E-state index contributed by atoms with van der Waals surface area (Å²) in [7, 11) is 1.91. The number of aryl methyl sites for hydroxylation is 1. The predicted octanol–water partition coefficient (Wildman–Crippen LogP) is 3.93. The van der Waals surface area contributed by atoms with Crippen LogP contribution in [0.1, 0.15) is 24.3 Å². The largest absolute Gasteiger partial charge is 0.492 e. The molecule has 0 aliphatic carbocycles. The number of hydrogen-bond acceptors (Lipinski definition) is 4. The Labute approximate surface area is 159 Å². The van der Waals surface area contributed by atoms with Crippen molar-refractivity contribution in [2.45, 2.75) is 19.9 Å². The highest BCUT2D eigenvalue weighted by atomic mass is 16.5. The number of fused-ring (bicyclic) bond motifs is 1. The molecule has 3 aromatic rings. The van der Waals surface area contributed by atoms with Crippen LogP contribution in [-0.2, 0) is 4.79 Å². The molecule has 142 valence electrons. The van der Waals surface area contributed by atoms with Gasteiger partial charge in [-0.1, -0.05) is 35.9 Å². The Morgan fingerprint density at radius 3 is 2.67 bits per heavy atom. The first kappa shape index (κ1) is 19.0. The summed E-state index contributed by atoms with van der Waals surface area (Å²) in [6.07, 6.45) is 0. The molecule has 0 radical (unpaired) electrons. The fourth-order valence-corrected chi connectivity index (χ4v) is 2.85. The van der Waals surface area contributed by atoms with Crippen LogP contribution < -0.4 is 10.1 Å². The van der Waals surface area contributed by atoms with E-state index in [0.29, 0.717) is 19.7 Å². The zero-order valence-electron chi connectivity index (χ0n) is 16.1. The second-order valence-corrected chi connectivity index (χ2v) is 6.88. The van der Waals surface area contributed by atoms with E-state index < -0.39 is 0 Å². The molecule has 0 aliphatic heterocycles. The number of hydrogen-bond donors (Lipinski definition) is 1. The van der Waals surface area contributed by atoms with Crippen molar-refractivity contribution in [3.63, 3.8) is 0 Å². The van der Waals surface area contributed by atoms with E-state index in [1.54, 1.807) is 0 Å². The number of furan rings is 1. The van der Waals surface area contributed by atoms with Crippen molar-refractivity contribution in [3.05, 3.63) is 65.9 Å². The van der Waals surface area contributed by atoms with E-state index in [2.05, 4.69) is 5.32 Å². The Morgan fingerprint density at radius 1 is 1.19 bits per heavy atom. The zero-order chi connectivity index (χ0) is 19.2. The van der Waals surface area contributed by atoms with Crippen molar-refractivity contribution in [2.24, 2.45) is 0 Å². The summed E-state index contributed by atoms with van der Waals surface area (Å²) in [4.78, 5) is 14.2. The maximum atomic E-state index is 12.3. The molecule has 0 fully saturated rings. The number of nitrogens with one attached hydrogen (secondary N) is 1. The third-order valence-corrected chi connectivity index (χ3v) is 4.43. The highest BCUT2D eigenvalue weighted by Gasteiger charge is 2.15. The van der Waals surface area contributed by atoms with Gasteiger partial charge < -0.3 is 14.5 Å². The predicted molar refractivity (Wildman–Crippen MR) is 107 cm³/mol. The maximum absolute atomic E-state index is 12.3. The van der Waals surface area contributed by atoms with Crippen LogP contribution in [0.5, 0.6) is 5.75 Å². The normalized spacial score (nSPS) is 12.3. The van der Waals surface area contributed by atoms with Gasteiger partial charge in [0.25, 0.3) is 0 Å². The molecule has 0 spiro atoms. The fourth-order valence-electron chi connectivity index (χ4n) is 2.85. The van der Waals surface area contributed by atoms with Gasteiger partial charge in [0.1, 0.15) is 23.7 Å². The van der Waals surface area contributed by atoms with Crippen molar-refractivity contribution in [1.82, 2.24) is 10.2 Å². The summed E-state index contributed by atoms with van der Waals surface area (Å²) in [6.45, 7) is 5.48. The van der Waals surface area contributed by atoms with Crippen molar-refractivity contribution in [2.75, 3.05) is 26.7 Å². The van der Waals surface area contributed by atoms with E-state index in [9.17, 15) is 4.79 Å². The summed E-state index contributed by atoms with van der Waals surface area (Å²) in [5.74, 6) is 1.56. The lowest BCUT2D eigenvalue weighted by Gasteiger charge is -2.18. The lowest BCUT2D eigenvalue weighted by Crippen LogP contribution is -2.37. The standard InChI is InChI=1S/C22H26N2O3/c1-16-8-10-19(11-9-16)26-13-12-24(3)15-22(25)23-17(2)21-14-18-6-4-5-7-20(18)27-21/h4-11,14,17H,12-13,15H2,1-3H3,(H,23,25). The number of ether oxygens (including phenoxy) is 1. The van der Waals surface area contributed by atoms with Crippen LogP contribution >= 0.6 is 0 Å². The minimum absolute atomic E-state index is 0.0409. The minimum atomic E-state index is -0.179.